The van der Waals surface area contributed by atoms with Gasteiger partial charge >= 0.3 is 11.9 Å². The molecule has 2 rings (SSSR count). The molecule has 5 heteroatoms. The Kier molecular flexibility index (Phi) is 7.40. The monoisotopic (exact) mass is 298 g/mol. The van der Waals surface area contributed by atoms with E-state index in [1.165, 1.54) is 19.3 Å². The number of esters is 1. The fourth-order valence-corrected chi connectivity index (χ4v) is 2.85. The number of carboxylic acids is 1. The highest BCUT2D eigenvalue weighted by molar-refractivity contribution is 5.83. The van der Waals surface area contributed by atoms with Crippen LogP contribution in [-0.4, -0.2) is 28.9 Å². The first-order valence-electron chi connectivity index (χ1n) is 7.88. The summed E-state index contributed by atoms with van der Waals surface area (Å²) in [7, 11) is 0. The van der Waals surface area contributed by atoms with Gasteiger partial charge in [-0.15, -0.1) is 0 Å². The van der Waals surface area contributed by atoms with Crippen molar-refractivity contribution in [2.45, 2.75) is 71.3 Å². The third-order valence-corrected chi connectivity index (χ3v) is 4.09. The van der Waals surface area contributed by atoms with Crippen LogP contribution < -0.4 is 0 Å². The highest BCUT2D eigenvalue weighted by Crippen LogP contribution is 2.38. The van der Waals surface area contributed by atoms with E-state index >= 15 is 0 Å². The molecule has 0 aromatic carbocycles. The van der Waals surface area contributed by atoms with Crippen LogP contribution in [-0.2, 0) is 19.1 Å². The first kappa shape index (κ1) is 17.7. The van der Waals surface area contributed by atoms with Gasteiger partial charge in [0.15, 0.2) is 0 Å². The Labute approximate surface area is 126 Å². The first-order valence-corrected chi connectivity index (χ1v) is 7.88. The van der Waals surface area contributed by atoms with E-state index in [1.54, 1.807) is 6.92 Å². The molecule has 21 heavy (non-hydrogen) atoms. The van der Waals surface area contributed by atoms with Crippen molar-refractivity contribution in [1.29, 1.82) is 0 Å². The number of aliphatic carboxylic acids is 1. The molecule has 0 amide bonds. The van der Waals surface area contributed by atoms with E-state index in [2.05, 4.69) is 6.92 Å². The van der Waals surface area contributed by atoms with Crippen LogP contribution in [0.15, 0.2) is 0 Å². The molecule has 3 atom stereocenters. The van der Waals surface area contributed by atoms with Gasteiger partial charge in [0.2, 0.25) is 0 Å². The van der Waals surface area contributed by atoms with Gasteiger partial charge in [-0.25, -0.2) is 0 Å². The van der Waals surface area contributed by atoms with Gasteiger partial charge in [0, 0.05) is 6.42 Å². The van der Waals surface area contributed by atoms with Gasteiger partial charge in [0.1, 0.15) is 11.9 Å². The second-order valence-corrected chi connectivity index (χ2v) is 5.94. The topological polar surface area (TPSA) is 80.7 Å². The largest absolute Gasteiger partial charge is 0.481 e. The zero-order valence-electron chi connectivity index (χ0n) is 13.0. The number of carboxylic acid groups (broad SMARTS) is 1. The summed E-state index contributed by atoms with van der Waals surface area (Å²) >= 11 is 0. The van der Waals surface area contributed by atoms with E-state index < -0.39 is 11.9 Å². The molecule has 1 N–H and O–H groups in total. The van der Waals surface area contributed by atoms with Crippen LogP contribution in [0.25, 0.3) is 0 Å². The van der Waals surface area contributed by atoms with Crippen molar-refractivity contribution in [2.75, 3.05) is 0 Å². The van der Waals surface area contributed by atoms with E-state index in [4.69, 9.17) is 9.84 Å². The molecule has 0 radical (unpaired) electrons. The van der Waals surface area contributed by atoms with Crippen LogP contribution in [0.1, 0.15) is 65.2 Å². The van der Waals surface area contributed by atoms with Gasteiger partial charge in [-0.3, -0.25) is 9.59 Å². The van der Waals surface area contributed by atoms with Crippen LogP contribution in [0.2, 0.25) is 0 Å². The molecule has 1 heterocycles. The summed E-state index contributed by atoms with van der Waals surface area (Å²) in [4.78, 5) is 32.2. The van der Waals surface area contributed by atoms with Crippen LogP contribution in [0.3, 0.4) is 0 Å². The van der Waals surface area contributed by atoms with E-state index in [0.29, 0.717) is 25.0 Å². The van der Waals surface area contributed by atoms with Gasteiger partial charge in [0.05, 0.1) is 11.8 Å². The molecule has 1 saturated carbocycles. The standard InChI is InChI=1S/C8H10O4.C8H16O/c9-7(10)5-2-1-4-3-6(5)8(11)12-4;1-3-4-5-6-7-8(2)9/h4-6H,1-3H2,(H,9,10);3-7H2,1-2H3. The molecule has 1 saturated heterocycles. The summed E-state index contributed by atoms with van der Waals surface area (Å²) in [5.74, 6) is -1.73. The summed E-state index contributed by atoms with van der Waals surface area (Å²) in [6, 6.07) is 0. The van der Waals surface area contributed by atoms with Crippen molar-refractivity contribution in [3.63, 3.8) is 0 Å². The summed E-state index contributed by atoms with van der Waals surface area (Å²) in [5, 5.41) is 8.77. The number of rotatable bonds is 6. The summed E-state index contributed by atoms with van der Waals surface area (Å²) in [5.41, 5.74) is 0. The average Bonchev–Trinajstić information content (AvgIpc) is 2.70. The Morgan fingerprint density at radius 2 is 1.95 bits per heavy atom. The lowest BCUT2D eigenvalue weighted by molar-refractivity contribution is -0.150. The number of carbonyl (C=O) groups excluding carboxylic acids is 2. The Morgan fingerprint density at radius 1 is 1.24 bits per heavy atom. The van der Waals surface area contributed by atoms with Crippen molar-refractivity contribution in [3.8, 4) is 0 Å². The smallest absolute Gasteiger partial charge is 0.310 e. The third kappa shape index (κ3) is 5.86. The maximum Gasteiger partial charge on any atom is 0.310 e. The van der Waals surface area contributed by atoms with E-state index in [1.807, 2.05) is 0 Å². The molecule has 2 aliphatic rings. The number of carbonyl (C=O) groups is 3. The lowest BCUT2D eigenvalue weighted by Gasteiger charge is -2.20. The molecule has 0 aromatic heterocycles. The Morgan fingerprint density at radius 3 is 2.52 bits per heavy atom. The normalized spacial score (nSPS) is 26.6. The maximum atomic E-state index is 11.1. The summed E-state index contributed by atoms with van der Waals surface area (Å²) in [6.07, 6.45) is 7.49. The van der Waals surface area contributed by atoms with Crippen molar-refractivity contribution in [1.82, 2.24) is 0 Å². The highest BCUT2D eigenvalue weighted by Gasteiger charge is 2.46. The van der Waals surface area contributed by atoms with E-state index in [9.17, 15) is 14.4 Å². The van der Waals surface area contributed by atoms with Crippen molar-refractivity contribution >= 4 is 17.7 Å². The molecule has 3 unspecified atom stereocenters. The van der Waals surface area contributed by atoms with Crippen molar-refractivity contribution in [3.05, 3.63) is 0 Å². The number of Topliss-reactive ketones (excluding diaryl/α,β-unsaturated/α-hetero) is 1. The zero-order chi connectivity index (χ0) is 15.8. The van der Waals surface area contributed by atoms with Crippen LogP contribution in [0, 0.1) is 11.8 Å². The van der Waals surface area contributed by atoms with Crippen LogP contribution in [0.4, 0.5) is 0 Å². The van der Waals surface area contributed by atoms with Gasteiger partial charge in [0.25, 0.3) is 0 Å². The number of fused-ring (bicyclic) bond motifs is 2. The quantitative estimate of drug-likeness (QED) is 0.602. The highest BCUT2D eigenvalue weighted by atomic mass is 16.6. The molecular formula is C16H26O5. The van der Waals surface area contributed by atoms with E-state index in [0.717, 1.165) is 12.8 Å². The Hall–Kier alpha value is -1.39. The molecule has 2 fully saturated rings. The predicted octanol–water partition coefficient (Wildman–Crippen LogP) is 2.96. The van der Waals surface area contributed by atoms with Crippen molar-refractivity contribution < 1.29 is 24.2 Å². The average molecular weight is 298 g/mol. The molecule has 1 aliphatic heterocycles. The van der Waals surface area contributed by atoms with Crippen LogP contribution >= 0.6 is 0 Å². The molecule has 0 aromatic rings. The SMILES string of the molecule is CCCCCCC(C)=O.O=C(O)C1CCC2CC1C(=O)O2. The minimum Gasteiger partial charge on any atom is -0.481 e. The molecule has 120 valence electrons. The lowest BCUT2D eigenvalue weighted by atomic mass is 9.80. The van der Waals surface area contributed by atoms with Crippen molar-refractivity contribution in [2.24, 2.45) is 11.8 Å². The number of hydrogen-bond acceptors (Lipinski definition) is 4. The molecule has 1 aliphatic carbocycles. The maximum absolute atomic E-state index is 11.1. The molecular weight excluding hydrogens is 272 g/mol. The Bertz CT molecular complexity index is 377. The van der Waals surface area contributed by atoms with E-state index in [-0.39, 0.29) is 18.0 Å². The van der Waals surface area contributed by atoms with Gasteiger partial charge in [-0.1, -0.05) is 26.2 Å². The van der Waals surface area contributed by atoms with Gasteiger partial charge < -0.3 is 14.6 Å². The number of ketones is 1. The fraction of sp³-hybridized carbons (Fsp3) is 0.812. The van der Waals surface area contributed by atoms with Crippen LogP contribution in [0.5, 0.6) is 0 Å². The zero-order valence-corrected chi connectivity index (χ0v) is 13.0. The minimum atomic E-state index is -0.864. The molecule has 0 spiro atoms. The lowest BCUT2D eigenvalue weighted by Crippen LogP contribution is -2.29. The number of hydrogen-bond donors (Lipinski definition) is 1. The predicted molar refractivity (Wildman–Crippen MR) is 77.8 cm³/mol. The number of unbranched alkanes of at least 4 members (excludes halogenated alkanes) is 3. The summed E-state index contributed by atoms with van der Waals surface area (Å²) in [6.45, 7) is 3.83. The van der Waals surface area contributed by atoms with Gasteiger partial charge in [-0.05, 0) is 32.6 Å². The first-order chi connectivity index (χ1) is 9.95. The second kappa shape index (κ2) is 8.80. The third-order valence-electron chi connectivity index (χ3n) is 4.09. The fourth-order valence-electron chi connectivity index (χ4n) is 2.85. The van der Waals surface area contributed by atoms with Gasteiger partial charge in [-0.2, -0.15) is 0 Å². The second-order valence-electron chi connectivity index (χ2n) is 5.94. The minimum absolute atomic E-state index is 0.00176. The molecule has 5 nitrogen and oxygen atoms in total. The molecule has 2 bridgehead atoms. The summed E-state index contributed by atoms with van der Waals surface area (Å²) < 4.78 is 4.96. The Balaban J connectivity index is 0.000000222. The number of ether oxygens (including phenoxy) is 1.